The molecule has 0 atom stereocenters. The van der Waals surface area contributed by atoms with E-state index in [-0.39, 0.29) is 0 Å². The molecule has 0 bridgehead atoms. The number of hydrogen-bond donors (Lipinski definition) is 3. The monoisotopic (exact) mass is 264 g/mol. The van der Waals surface area contributed by atoms with Crippen molar-refractivity contribution >= 4 is 16.7 Å². The van der Waals surface area contributed by atoms with Crippen LogP contribution in [0, 0.1) is 11.3 Å². The van der Waals surface area contributed by atoms with E-state index in [1.807, 2.05) is 49.5 Å². The molecule has 0 fully saturated rings. The second-order valence-electron chi connectivity index (χ2n) is 4.60. The topological polar surface area (TPSA) is 81.5 Å². The van der Waals surface area contributed by atoms with E-state index in [0.29, 0.717) is 5.56 Å². The lowest BCUT2D eigenvalue weighted by atomic mass is 10.1. The molecule has 0 aliphatic carbocycles. The summed E-state index contributed by atoms with van der Waals surface area (Å²) >= 11 is 0. The molecule has 0 amide bonds. The van der Waals surface area contributed by atoms with E-state index in [0.717, 1.165) is 28.1 Å². The number of hydrogen-bond acceptors (Lipinski definition) is 3. The quantitative estimate of drug-likeness (QED) is 0.375. The molecule has 20 heavy (non-hydrogen) atoms. The predicted octanol–water partition coefficient (Wildman–Crippen LogP) is 1.82. The van der Waals surface area contributed by atoms with Gasteiger partial charge < -0.3 is 5.43 Å². The van der Waals surface area contributed by atoms with Gasteiger partial charge in [-0.05, 0) is 36.4 Å². The van der Waals surface area contributed by atoms with E-state index in [1.165, 1.54) is 0 Å². The van der Waals surface area contributed by atoms with Crippen LogP contribution < -0.4 is 15.8 Å². The highest BCUT2D eigenvalue weighted by atomic mass is 15.2. The summed E-state index contributed by atoms with van der Waals surface area (Å²) in [4.78, 5) is 3.38. The van der Waals surface area contributed by atoms with Gasteiger partial charge in [0.1, 0.15) is 0 Å². The number of aromatic nitrogens is 2. The van der Waals surface area contributed by atoms with E-state index in [1.54, 1.807) is 0 Å². The average molecular weight is 264 g/mol. The number of benzene rings is 2. The molecule has 0 unspecified atom stereocenters. The van der Waals surface area contributed by atoms with Crippen LogP contribution in [-0.4, -0.2) is 4.98 Å². The average Bonchev–Trinajstić information content (AvgIpc) is 2.84. The first-order valence-electron chi connectivity index (χ1n) is 6.22. The molecule has 0 aliphatic heterocycles. The summed E-state index contributed by atoms with van der Waals surface area (Å²) in [5.74, 6) is 6.41. The minimum Gasteiger partial charge on any atom is -0.324 e. The zero-order valence-corrected chi connectivity index (χ0v) is 11.0. The summed E-state index contributed by atoms with van der Waals surface area (Å²) in [7, 11) is 2.00. The van der Waals surface area contributed by atoms with Crippen molar-refractivity contribution in [1.29, 1.82) is 5.26 Å². The first-order chi connectivity index (χ1) is 9.72. The fourth-order valence-electron chi connectivity index (χ4n) is 2.32. The number of imidazole rings is 1. The Balaban J connectivity index is 2.15. The molecule has 0 aliphatic rings. The fourth-order valence-corrected chi connectivity index (χ4v) is 2.32. The van der Waals surface area contributed by atoms with Crippen LogP contribution in [0.3, 0.4) is 0 Å². The lowest BCUT2D eigenvalue weighted by molar-refractivity contribution is -0.633. The molecular weight excluding hydrogens is 250 g/mol. The molecule has 0 spiro atoms. The number of nitrogens with two attached hydrogens (primary N) is 1. The first kappa shape index (κ1) is 12.2. The number of H-pyrrole nitrogens is 1. The standard InChI is InChI=1S/C15H13N5/c1-20-14-7-6-12(19-17)8-13(14)18-15(20)11-4-2-10(9-16)3-5-11/h2-8,19H,17H2,1H3/p+1. The number of rotatable bonds is 2. The highest BCUT2D eigenvalue weighted by Gasteiger charge is 2.17. The molecular formula is C15H14N5+. The molecule has 1 aromatic heterocycles. The van der Waals surface area contributed by atoms with Gasteiger partial charge in [-0.15, -0.1) is 0 Å². The number of fused-ring (bicyclic) bond motifs is 1. The van der Waals surface area contributed by atoms with Crippen LogP contribution in [-0.2, 0) is 7.05 Å². The van der Waals surface area contributed by atoms with Gasteiger partial charge in [0.15, 0.2) is 11.0 Å². The van der Waals surface area contributed by atoms with Crippen LogP contribution >= 0.6 is 0 Å². The summed E-state index contributed by atoms with van der Waals surface area (Å²) in [5, 5.41) is 8.84. The Morgan fingerprint density at radius 3 is 2.60 bits per heavy atom. The molecule has 0 saturated carbocycles. The molecule has 0 radical (unpaired) electrons. The minimum absolute atomic E-state index is 0.655. The van der Waals surface area contributed by atoms with Gasteiger partial charge >= 0.3 is 0 Å². The smallest absolute Gasteiger partial charge is 0.287 e. The molecule has 3 aromatic rings. The molecule has 1 heterocycles. The Morgan fingerprint density at radius 1 is 1.20 bits per heavy atom. The van der Waals surface area contributed by atoms with Gasteiger partial charge in [0.05, 0.1) is 29.9 Å². The lowest BCUT2D eigenvalue weighted by Gasteiger charge is -1.97. The third-order valence-corrected chi connectivity index (χ3v) is 3.40. The molecule has 0 saturated heterocycles. The van der Waals surface area contributed by atoms with Crippen molar-refractivity contribution in [3.05, 3.63) is 48.0 Å². The Bertz CT molecular complexity index is 809. The van der Waals surface area contributed by atoms with Crippen molar-refractivity contribution in [2.75, 3.05) is 5.43 Å². The van der Waals surface area contributed by atoms with Gasteiger partial charge in [-0.3, -0.25) is 5.84 Å². The normalized spacial score (nSPS) is 10.4. The van der Waals surface area contributed by atoms with E-state index in [9.17, 15) is 0 Å². The number of anilines is 1. The van der Waals surface area contributed by atoms with Crippen LogP contribution in [0.5, 0.6) is 0 Å². The van der Waals surface area contributed by atoms with Crippen molar-refractivity contribution in [3.8, 4) is 17.5 Å². The predicted molar refractivity (Wildman–Crippen MR) is 77.4 cm³/mol. The van der Waals surface area contributed by atoms with Gasteiger partial charge in [-0.1, -0.05) is 0 Å². The third-order valence-electron chi connectivity index (χ3n) is 3.40. The van der Waals surface area contributed by atoms with E-state index >= 15 is 0 Å². The van der Waals surface area contributed by atoms with Crippen molar-refractivity contribution in [2.45, 2.75) is 0 Å². The van der Waals surface area contributed by atoms with Crippen molar-refractivity contribution in [3.63, 3.8) is 0 Å². The molecule has 4 N–H and O–H groups in total. The number of nitriles is 1. The molecule has 5 heteroatoms. The minimum atomic E-state index is 0.655. The van der Waals surface area contributed by atoms with Gasteiger partial charge in [0.2, 0.25) is 0 Å². The van der Waals surface area contributed by atoms with Crippen molar-refractivity contribution in [1.82, 2.24) is 4.98 Å². The Morgan fingerprint density at radius 2 is 1.95 bits per heavy atom. The summed E-state index contributed by atoms with van der Waals surface area (Å²) in [5.41, 5.74) is 7.27. The van der Waals surface area contributed by atoms with Crippen LogP contribution in [0.25, 0.3) is 22.4 Å². The van der Waals surface area contributed by atoms with Crippen molar-refractivity contribution < 1.29 is 4.57 Å². The Hall–Kier alpha value is -2.84. The molecule has 98 valence electrons. The highest BCUT2D eigenvalue weighted by molar-refractivity contribution is 5.78. The number of nitrogens with zero attached hydrogens (tertiary/aromatic N) is 2. The molecule has 3 rings (SSSR count). The summed E-state index contributed by atoms with van der Waals surface area (Å²) in [6.45, 7) is 0. The van der Waals surface area contributed by atoms with Crippen molar-refractivity contribution in [2.24, 2.45) is 12.9 Å². The number of nitrogen functional groups attached to an aromatic ring is 1. The number of nitrogens with one attached hydrogen (secondary N) is 2. The SMILES string of the molecule is C[n+]1c(-c2ccc(C#N)cc2)[nH]c2cc(NN)ccc21. The lowest BCUT2D eigenvalue weighted by Crippen LogP contribution is -2.29. The second kappa shape index (κ2) is 4.68. The van der Waals surface area contributed by atoms with E-state index in [4.69, 9.17) is 11.1 Å². The van der Waals surface area contributed by atoms with E-state index < -0.39 is 0 Å². The van der Waals surface area contributed by atoms with Gasteiger partial charge in [-0.25, -0.2) is 9.55 Å². The number of aromatic amines is 1. The Labute approximate surface area is 116 Å². The molecule has 5 nitrogen and oxygen atoms in total. The van der Waals surface area contributed by atoms with Crippen LogP contribution in [0.1, 0.15) is 5.56 Å². The highest BCUT2D eigenvalue weighted by Crippen LogP contribution is 2.21. The largest absolute Gasteiger partial charge is 0.324 e. The van der Waals surface area contributed by atoms with Crippen LogP contribution in [0.4, 0.5) is 5.69 Å². The zero-order chi connectivity index (χ0) is 14.1. The van der Waals surface area contributed by atoms with Gasteiger partial charge in [-0.2, -0.15) is 5.26 Å². The summed E-state index contributed by atoms with van der Waals surface area (Å²) in [6, 6.07) is 15.5. The second-order valence-corrected chi connectivity index (χ2v) is 4.60. The van der Waals surface area contributed by atoms with Crippen LogP contribution in [0.15, 0.2) is 42.5 Å². The maximum absolute atomic E-state index is 8.84. The maximum Gasteiger partial charge on any atom is 0.287 e. The van der Waals surface area contributed by atoms with Crippen LogP contribution in [0.2, 0.25) is 0 Å². The fraction of sp³-hybridized carbons (Fsp3) is 0.0667. The van der Waals surface area contributed by atoms with E-state index in [2.05, 4.69) is 21.0 Å². The summed E-state index contributed by atoms with van der Waals surface area (Å²) < 4.78 is 2.08. The van der Waals surface area contributed by atoms with Gasteiger partial charge in [0.25, 0.3) is 5.82 Å². The summed E-state index contributed by atoms with van der Waals surface area (Å²) in [6.07, 6.45) is 0. The molecule has 2 aromatic carbocycles. The van der Waals surface area contributed by atoms with Gasteiger partial charge in [0, 0.05) is 6.07 Å². The first-order valence-corrected chi connectivity index (χ1v) is 6.22. The Kier molecular flexibility index (Phi) is 2.86. The third kappa shape index (κ3) is 1.88. The zero-order valence-electron chi connectivity index (χ0n) is 11.0. The maximum atomic E-state index is 8.84. The number of aryl methyl sites for hydroxylation is 1. The number of hydrazine groups is 1.